The van der Waals surface area contributed by atoms with Crippen molar-refractivity contribution in [3.8, 4) is 0 Å². The second-order valence-electron chi connectivity index (χ2n) is 12.2. The minimum atomic E-state index is -2.34. The lowest BCUT2D eigenvalue weighted by atomic mass is 9.40. The number of carbonyl (C=O) groups is 3. The summed E-state index contributed by atoms with van der Waals surface area (Å²) in [5.41, 5.74) is -5.87. The van der Waals surface area contributed by atoms with Crippen molar-refractivity contribution >= 4 is 17.8 Å². The molecule has 1 amide bonds. The fourth-order valence-electron chi connectivity index (χ4n) is 7.54. The third-order valence-corrected chi connectivity index (χ3v) is 9.39. The Kier molecular flexibility index (Phi) is 6.81. The summed E-state index contributed by atoms with van der Waals surface area (Å²) in [5.74, 6) is -2.28. The molecule has 37 heavy (non-hydrogen) atoms. The zero-order chi connectivity index (χ0) is 27.6. The van der Waals surface area contributed by atoms with Crippen molar-refractivity contribution in [2.75, 3.05) is 6.61 Å². The number of Topliss-reactive ketones (excluding diaryl/α,β-unsaturated/α-hetero) is 1. The van der Waals surface area contributed by atoms with Crippen molar-refractivity contribution in [1.82, 2.24) is 5.48 Å². The first-order valence-electron chi connectivity index (χ1n) is 12.8. The maximum atomic E-state index is 13.8. The minimum Gasteiger partial charge on any atom is -0.438 e. The van der Waals surface area contributed by atoms with E-state index < -0.39 is 75.8 Å². The van der Waals surface area contributed by atoms with Gasteiger partial charge in [0.2, 0.25) is 0 Å². The predicted molar refractivity (Wildman–Crippen MR) is 128 cm³/mol. The Morgan fingerprint density at radius 2 is 1.84 bits per heavy atom. The first-order chi connectivity index (χ1) is 17.1. The molecule has 0 aromatic heterocycles. The molecule has 1 unspecified atom stereocenters. The van der Waals surface area contributed by atoms with Crippen LogP contribution in [0.3, 0.4) is 0 Å². The fourth-order valence-corrected chi connectivity index (χ4v) is 7.54. The van der Waals surface area contributed by atoms with Crippen LogP contribution >= 0.6 is 0 Å². The number of aliphatic hydroxyl groups is 3. The molecular weight excluding hydrogens is 486 g/mol. The topological polar surface area (TPSA) is 161 Å². The van der Waals surface area contributed by atoms with Crippen LogP contribution in [0, 0.1) is 16.7 Å². The molecule has 0 radical (unpaired) electrons. The van der Waals surface area contributed by atoms with Crippen LogP contribution in [0.2, 0.25) is 0 Å². The van der Waals surface area contributed by atoms with Gasteiger partial charge in [-0.15, -0.1) is 12.1 Å². The Morgan fingerprint density at radius 1 is 1.16 bits per heavy atom. The van der Waals surface area contributed by atoms with Crippen molar-refractivity contribution in [2.45, 2.75) is 108 Å². The fraction of sp³-hybridized carbons (Fsp3) is 0.808. The molecule has 2 aliphatic carbocycles. The van der Waals surface area contributed by atoms with E-state index in [1.54, 1.807) is 13.8 Å². The van der Waals surface area contributed by atoms with Crippen molar-refractivity contribution in [3.63, 3.8) is 0 Å². The molecule has 11 heteroatoms. The third kappa shape index (κ3) is 3.93. The number of nitrogens with one attached hydrogen (secondary N) is 1. The van der Waals surface area contributed by atoms with E-state index in [0.29, 0.717) is 32.3 Å². The number of ketones is 1. The molecule has 2 aliphatic heterocycles. The molecule has 0 spiro atoms. The van der Waals surface area contributed by atoms with Gasteiger partial charge in [-0.1, -0.05) is 26.8 Å². The van der Waals surface area contributed by atoms with Gasteiger partial charge in [0.05, 0.1) is 17.8 Å². The van der Waals surface area contributed by atoms with Crippen LogP contribution in [0.5, 0.6) is 0 Å². The van der Waals surface area contributed by atoms with Gasteiger partial charge in [-0.25, -0.2) is 9.59 Å². The summed E-state index contributed by atoms with van der Waals surface area (Å²) in [5, 5.41) is 35.4. The summed E-state index contributed by atoms with van der Waals surface area (Å²) >= 11 is 0. The third-order valence-electron chi connectivity index (χ3n) is 9.39. The van der Waals surface area contributed by atoms with E-state index in [-0.39, 0.29) is 6.42 Å². The smallest absolute Gasteiger partial charge is 0.438 e. The van der Waals surface area contributed by atoms with Crippen LogP contribution in [0.1, 0.15) is 66.7 Å². The number of hydrogen-bond acceptors (Lipinski definition) is 10. The van der Waals surface area contributed by atoms with Crippen molar-refractivity contribution < 1.29 is 48.8 Å². The second kappa shape index (κ2) is 9.01. The highest BCUT2D eigenvalue weighted by Gasteiger charge is 2.81. The largest absolute Gasteiger partial charge is 0.441 e. The summed E-state index contributed by atoms with van der Waals surface area (Å²) < 4.78 is 17.1. The van der Waals surface area contributed by atoms with E-state index in [4.69, 9.17) is 19.0 Å². The molecule has 4 fully saturated rings. The molecule has 9 atom stereocenters. The van der Waals surface area contributed by atoms with Crippen LogP contribution in [0.4, 0.5) is 4.79 Å². The summed E-state index contributed by atoms with van der Waals surface area (Å²) in [6, 6.07) is 0. The molecule has 2 heterocycles. The van der Waals surface area contributed by atoms with Gasteiger partial charge in [-0.05, 0) is 44.9 Å². The normalized spacial score (nSPS) is 46.8. The van der Waals surface area contributed by atoms with Gasteiger partial charge < -0.3 is 34.4 Å². The van der Waals surface area contributed by atoms with Crippen LogP contribution < -0.4 is 5.48 Å². The Morgan fingerprint density at radius 3 is 2.43 bits per heavy atom. The molecule has 4 N–H and O–H groups in total. The maximum Gasteiger partial charge on any atom is 0.441 e. The van der Waals surface area contributed by atoms with Crippen molar-refractivity contribution in [3.05, 3.63) is 12.7 Å². The summed E-state index contributed by atoms with van der Waals surface area (Å²) in [4.78, 5) is 43.6. The minimum absolute atomic E-state index is 0.230. The average Bonchev–Trinajstić information content (AvgIpc) is 3.36. The summed E-state index contributed by atoms with van der Waals surface area (Å²) in [7, 11) is 0. The number of carbonyl (C=O) groups excluding carboxylic acids is 3. The average molecular weight is 526 g/mol. The van der Waals surface area contributed by atoms with Gasteiger partial charge in [-0.3, -0.25) is 4.79 Å². The highest BCUT2D eigenvalue weighted by molar-refractivity contribution is 5.92. The molecule has 0 bridgehead atoms. The first kappa shape index (κ1) is 28.0. The van der Waals surface area contributed by atoms with Crippen LogP contribution in [0.15, 0.2) is 12.7 Å². The van der Waals surface area contributed by atoms with Crippen LogP contribution in [0.25, 0.3) is 0 Å². The zero-order valence-corrected chi connectivity index (χ0v) is 22.1. The van der Waals surface area contributed by atoms with E-state index in [0.717, 1.165) is 0 Å². The lowest BCUT2D eigenvalue weighted by Gasteiger charge is -2.71. The molecule has 4 rings (SSSR count). The van der Waals surface area contributed by atoms with Crippen LogP contribution in [-0.2, 0) is 28.6 Å². The molecule has 0 aromatic rings. The molecule has 0 aromatic carbocycles. The van der Waals surface area contributed by atoms with Gasteiger partial charge in [0, 0.05) is 24.4 Å². The Hall–Kier alpha value is -2.05. The van der Waals surface area contributed by atoms with E-state index in [2.05, 4.69) is 6.58 Å². The molecule has 11 nitrogen and oxygen atoms in total. The van der Waals surface area contributed by atoms with Crippen LogP contribution in [-0.4, -0.2) is 81.0 Å². The number of hydrogen-bond donors (Lipinski definition) is 4. The number of rotatable bonds is 3. The van der Waals surface area contributed by atoms with Crippen molar-refractivity contribution in [1.29, 1.82) is 0 Å². The number of amides is 1. The van der Waals surface area contributed by atoms with Gasteiger partial charge >= 0.3 is 12.1 Å². The maximum absolute atomic E-state index is 13.8. The monoisotopic (exact) mass is 525 g/mol. The number of aliphatic hydroxyl groups excluding tert-OH is 2. The zero-order valence-electron chi connectivity index (χ0n) is 22.1. The lowest BCUT2D eigenvalue weighted by Crippen LogP contribution is -2.86. The number of hydroxylamine groups is 1. The molecule has 208 valence electrons. The van der Waals surface area contributed by atoms with Gasteiger partial charge in [0.15, 0.2) is 23.6 Å². The Balaban J connectivity index is 1.73. The highest BCUT2D eigenvalue weighted by Crippen LogP contribution is 2.67. The summed E-state index contributed by atoms with van der Waals surface area (Å²) in [6.07, 6.45) is -3.10. The molecule has 2 saturated heterocycles. The standard InChI is InChI=1S/C26H39NO10/c1-7-23(4)13-16(29)26(33)24(5)15(28)10-11-22(2,3)18(24)17(30)19(25(26,6)37-23)35-21(32)27-36-20(31)14-9-8-12-34-14/h7,14-15,17-19,28,30,33H,1,8-13H2,2-6H3,(H,27,32)/t14?,15-,17-,18-,19-,23-,24-,25+,26-/m0/s1. The van der Waals surface area contributed by atoms with E-state index in [1.807, 2.05) is 19.3 Å². The van der Waals surface area contributed by atoms with E-state index in [1.165, 1.54) is 13.0 Å². The SMILES string of the molecule is C=C[C@@]1(C)CC(=O)[C@]2(O)[C@@]3(C)[C@@H](O)CCC(C)(C)[C@@H]3[C@H](O)[C@H](OC(=O)NOC(=O)C3CCCO3)[C@@]2(C)O1. The number of ether oxygens (including phenoxy) is 3. The Bertz CT molecular complexity index is 978. The molecular formula is C26H39NO10. The quantitative estimate of drug-likeness (QED) is 0.312. The molecule has 2 saturated carbocycles. The van der Waals surface area contributed by atoms with Gasteiger partial charge in [-0.2, -0.15) is 0 Å². The lowest BCUT2D eigenvalue weighted by molar-refractivity contribution is -0.369. The predicted octanol–water partition coefficient (Wildman–Crippen LogP) is 1.32. The van der Waals surface area contributed by atoms with Crippen molar-refractivity contribution in [2.24, 2.45) is 16.7 Å². The van der Waals surface area contributed by atoms with Gasteiger partial charge in [0.1, 0.15) is 5.60 Å². The Labute approximate surface area is 216 Å². The molecule has 4 aliphatic rings. The van der Waals surface area contributed by atoms with Gasteiger partial charge in [0.25, 0.3) is 0 Å². The van der Waals surface area contributed by atoms with E-state index in [9.17, 15) is 29.7 Å². The highest BCUT2D eigenvalue weighted by atomic mass is 16.7. The second-order valence-corrected chi connectivity index (χ2v) is 12.2. The summed E-state index contributed by atoms with van der Waals surface area (Å²) in [6.45, 7) is 12.5. The first-order valence-corrected chi connectivity index (χ1v) is 12.8. The van der Waals surface area contributed by atoms with E-state index >= 15 is 0 Å². The number of fused-ring (bicyclic) bond motifs is 3.